The van der Waals surface area contributed by atoms with Crippen molar-refractivity contribution in [3.05, 3.63) is 33.5 Å². The van der Waals surface area contributed by atoms with E-state index in [0.717, 1.165) is 10.9 Å². The van der Waals surface area contributed by atoms with Crippen molar-refractivity contribution in [3.63, 3.8) is 0 Å². The molecule has 2 aliphatic heterocycles. The number of phosphoric acid groups is 1. The van der Waals surface area contributed by atoms with Crippen LogP contribution in [0.1, 0.15) is 25.3 Å². The first-order valence-corrected chi connectivity index (χ1v) is 12.7. The van der Waals surface area contributed by atoms with E-state index in [2.05, 4.69) is 24.9 Å². The molecule has 2 saturated heterocycles. The highest BCUT2D eigenvalue weighted by molar-refractivity contribution is 7.47. The van der Waals surface area contributed by atoms with Crippen molar-refractivity contribution in [2.45, 2.75) is 49.7 Å². The second kappa shape index (κ2) is 10.1. The number of imidazole rings is 1. The molecule has 3 aromatic heterocycles. The Morgan fingerprint density at radius 2 is 1.82 bits per heavy atom. The lowest BCUT2D eigenvalue weighted by atomic mass is 10.2. The van der Waals surface area contributed by atoms with Crippen LogP contribution in [0.15, 0.2) is 22.2 Å². The fourth-order valence-corrected chi connectivity index (χ4v) is 5.22. The van der Waals surface area contributed by atoms with Crippen molar-refractivity contribution in [1.29, 1.82) is 0 Å². The van der Waals surface area contributed by atoms with Gasteiger partial charge < -0.3 is 36.0 Å². The van der Waals surface area contributed by atoms with E-state index in [1.165, 1.54) is 10.9 Å². The number of phosphoric ester groups is 1. The highest BCUT2D eigenvalue weighted by Crippen LogP contribution is 2.49. The quantitative estimate of drug-likeness (QED) is 0.154. The number of nitrogen functional groups attached to an aromatic ring is 2. The number of rotatable bonds is 8. The third-order valence-corrected chi connectivity index (χ3v) is 7.06. The summed E-state index contributed by atoms with van der Waals surface area (Å²) < 4.78 is 36.6. The molecule has 20 heteroatoms. The Morgan fingerprint density at radius 3 is 2.55 bits per heavy atom. The Kier molecular flexibility index (Phi) is 7.01. The molecule has 7 atom stereocenters. The van der Waals surface area contributed by atoms with Gasteiger partial charge >= 0.3 is 13.5 Å². The van der Waals surface area contributed by atoms with Gasteiger partial charge in [-0.1, -0.05) is 0 Å². The molecule has 2 fully saturated rings. The molecule has 8 N–H and O–H groups in total. The zero-order chi connectivity index (χ0) is 27.2. The summed E-state index contributed by atoms with van der Waals surface area (Å²) in [4.78, 5) is 51.9. The smallest absolute Gasteiger partial charge is 0.394 e. The standard InChI is InChI=1S/C18H24N9O10P/c19-16-22-6-27(18(31)25-16)12-2-8(9(3-28)35-12)37-38(32,33)34-4-10-7(29)1-11(36-10)26-5-21-13-14(26)23-17(20)24-15(13)30/h5-12,28-29H,1-4H2,(H,32,33)(H2,19,25,31)(H3,20,23,24,30)/t7?,8?,9-,10-,11-,12-/m1/s1. The van der Waals surface area contributed by atoms with Crippen LogP contribution in [0, 0.1) is 0 Å². The Balaban J connectivity index is 1.22. The predicted molar refractivity (Wildman–Crippen MR) is 124 cm³/mol. The molecule has 5 heterocycles. The minimum Gasteiger partial charge on any atom is -0.394 e. The van der Waals surface area contributed by atoms with Crippen LogP contribution in [-0.2, 0) is 23.1 Å². The summed E-state index contributed by atoms with van der Waals surface area (Å²) in [6.07, 6.45) is -3.86. The van der Waals surface area contributed by atoms with Gasteiger partial charge in [0.1, 0.15) is 37.1 Å². The van der Waals surface area contributed by atoms with Gasteiger partial charge in [0, 0.05) is 12.8 Å². The largest absolute Gasteiger partial charge is 0.472 e. The lowest BCUT2D eigenvalue weighted by molar-refractivity contribution is -0.0565. The van der Waals surface area contributed by atoms with E-state index in [9.17, 15) is 29.3 Å². The van der Waals surface area contributed by atoms with Crippen LogP contribution in [0.4, 0.5) is 11.9 Å². The van der Waals surface area contributed by atoms with Crippen molar-refractivity contribution in [1.82, 2.24) is 34.1 Å². The van der Waals surface area contributed by atoms with Gasteiger partial charge in [0.05, 0.1) is 25.6 Å². The molecule has 0 radical (unpaired) electrons. The number of hydrogen-bond donors (Lipinski definition) is 6. The van der Waals surface area contributed by atoms with Crippen LogP contribution in [0.2, 0.25) is 0 Å². The van der Waals surface area contributed by atoms with E-state index in [4.69, 9.17) is 30.0 Å². The Labute approximate surface area is 211 Å². The molecule has 19 nitrogen and oxygen atoms in total. The minimum atomic E-state index is -4.76. The van der Waals surface area contributed by atoms with E-state index in [1.54, 1.807) is 0 Å². The average molecular weight is 557 g/mol. The van der Waals surface area contributed by atoms with Gasteiger partial charge in [-0.2, -0.15) is 9.97 Å². The summed E-state index contributed by atoms with van der Waals surface area (Å²) in [5, 5.41) is 20.1. The lowest BCUT2D eigenvalue weighted by Gasteiger charge is -2.21. The molecule has 0 spiro atoms. The fraction of sp³-hybridized carbons (Fsp3) is 0.556. The summed E-state index contributed by atoms with van der Waals surface area (Å²) in [6, 6.07) is 0. The second-order valence-corrected chi connectivity index (χ2v) is 9.97. The molecule has 3 unspecified atom stereocenters. The topological polar surface area (TPSA) is 278 Å². The van der Waals surface area contributed by atoms with Crippen LogP contribution in [0.25, 0.3) is 11.2 Å². The molecule has 206 valence electrons. The van der Waals surface area contributed by atoms with Gasteiger partial charge in [-0.25, -0.2) is 19.3 Å². The van der Waals surface area contributed by atoms with Crippen LogP contribution in [-0.4, -0.2) is 86.8 Å². The molecular formula is C18H24N9O10P. The van der Waals surface area contributed by atoms with Gasteiger partial charge in [0.25, 0.3) is 5.56 Å². The molecule has 38 heavy (non-hydrogen) atoms. The number of aliphatic hydroxyl groups is 2. The van der Waals surface area contributed by atoms with E-state index in [1.807, 2.05) is 0 Å². The van der Waals surface area contributed by atoms with Crippen LogP contribution < -0.4 is 22.7 Å². The molecule has 0 amide bonds. The molecule has 0 aliphatic carbocycles. The van der Waals surface area contributed by atoms with Crippen LogP contribution in [0.3, 0.4) is 0 Å². The number of ether oxygens (including phenoxy) is 2. The van der Waals surface area contributed by atoms with Crippen molar-refractivity contribution in [3.8, 4) is 0 Å². The van der Waals surface area contributed by atoms with Crippen molar-refractivity contribution in [2.24, 2.45) is 0 Å². The van der Waals surface area contributed by atoms with Gasteiger partial charge in [0.15, 0.2) is 11.2 Å². The number of nitrogens with zero attached hydrogens (tertiary/aromatic N) is 6. The molecule has 5 rings (SSSR count). The second-order valence-electron chi connectivity index (χ2n) is 8.57. The monoisotopic (exact) mass is 557 g/mol. The summed E-state index contributed by atoms with van der Waals surface area (Å²) in [5.74, 6) is -0.369. The number of anilines is 2. The number of aromatic amines is 1. The van der Waals surface area contributed by atoms with Gasteiger partial charge in [-0.3, -0.25) is 28.0 Å². The highest BCUT2D eigenvalue weighted by atomic mass is 31.2. The summed E-state index contributed by atoms with van der Waals surface area (Å²) in [7, 11) is -4.76. The van der Waals surface area contributed by atoms with Crippen LogP contribution >= 0.6 is 7.82 Å². The summed E-state index contributed by atoms with van der Waals surface area (Å²) in [5.41, 5.74) is 9.82. The minimum absolute atomic E-state index is 0.0218. The van der Waals surface area contributed by atoms with Gasteiger partial charge in [-0.05, 0) is 0 Å². The Hall–Kier alpha value is -3.29. The third-order valence-electron chi connectivity index (χ3n) is 6.05. The highest BCUT2D eigenvalue weighted by Gasteiger charge is 2.43. The third kappa shape index (κ3) is 5.18. The first kappa shape index (κ1) is 26.3. The normalized spacial score (nSPS) is 29.1. The Morgan fingerprint density at radius 1 is 1.11 bits per heavy atom. The first-order chi connectivity index (χ1) is 18.0. The van der Waals surface area contributed by atoms with Crippen molar-refractivity contribution >= 4 is 30.9 Å². The lowest BCUT2D eigenvalue weighted by Crippen LogP contribution is -2.29. The number of aliphatic hydroxyl groups excluding tert-OH is 2. The zero-order valence-corrected chi connectivity index (χ0v) is 20.3. The number of hydrogen-bond acceptors (Lipinski definition) is 15. The Bertz CT molecular complexity index is 1490. The van der Waals surface area contributed by atoms with E-state index < -0.39 is 69.2 Å². The van der Waals surface area contributed by atoms with Crippen LogP contribution in [0.5, 0.6) is 0 Å². The maximum atomic E-state index is 12.7. The van der Waals surface area contributed by atoms with E-state index in [0.29, 0.717) is 0 Å². The predicted octanol–water partition coefficient (Wildman–Crippen LogP) is -2.63. The SMILES string of the molecule is Nc1ncn([C@H]2CC(OP(=O)(O)OC[C@H]3O[C@@H](n4cnc5c(=O)[nH]c(N)nc54)CC3O)[C@@H](CO)O2)c(=O)n1. The molecule has 3 aromatic rings. The van der Waals surface area contributed by atoms with E-state index in [-0.39, 0.29) is 35.9 Å². The number of fused-ring (bicyclic) bond motifs is 1. The van der Waals surface area contributed by atoms with Crippen molar-refractivity contribution in [2.75, 3.05) is 24.7 Å². The van der Waals surface area contributed by atoms with Gasteiger partial charge in [-0.15, -0.1) is 0 Å². The summed E-state index contributed by atoms with van der Waals surface area (Å²) in [6.45, 7) is -1.13. The number of nitrogens with one attached hydrogen (secondary N) is 1. The molecular weight excluding hydrogens is 533 g/mol. The fourth-order valence-electron chi connectivity index (χ4n) is 4.26. The molecule has 0 aromatic carbocycles. The summed E-state index contributed by atoms with van der Waals surface area (Å²) >= 11 is 0. The van der Waals surface area contributed by atoms with Crippen molar-refractivity contribution < 1.29 is 38.2 Å². The molecule has 0 saturated carbocycles. The number of nitrogens with two attached hydrogens (primary N) is 2. The molecule has 0 bridgehead atoms. The zero-order valence-electron chi connectivity index (χ0n) is 19.4. The van der Waals surface area contributed by atoms with Gasteiger partial charge in [0.2, 0.25) is 11.9 Å². The maximum Gasteiger partial charge on any atom is 0.472 e. The maximum absolute atomic E-state index is 12.7. The number of H-pyrrole nitrogens is 1. The molecule has 2 aliphatic rings. The number of aromatic nitrogens is 7. The first-order valence-electron chi connectivity index (χ1n) is 11.2. The average Bonchev–Trinajstić information content (AvgIpc) is 3.54. The van der Waals surface area contributed by atoms with E-state index >= 15 is 0 Å².